The van der Waals surface area contributed by atoms with Gasteiger partial charge in [0.05, 0.1) is 0 Å². The van der Waals surface area contributed by atoms with Gasteiger partial charge in [-0.1, -0.05) is 91.0 Å². The Bertz CT molecular complexity index is 729. The Hall–Kier alpha value is -2.42. The standard InChI is InChI=1S/C23H25NO/c1-24(2)18-22(19-12-6-3-7-13-19)23(25,20-14-8-4-9-15-20)21-16-10-5-11-17-21/h3-17,22,25H,18H2,1-2H3. The summed E-state index contributed by atoms with van der Waals surface area (Å²) in [7, 11) is 4.10. The third kappa shape index (κ3) is 3.65. The fourth-order valence-electron chi connectivity index (χ4n) is 3.48. The van der Waals surface area contributed by atoms with Crippen LogP contribution in [0.5, 0.6) is 0 Å². The van der Waals surface area contributed by atoms with E-state index in [9.17, 15) is 5.11 Å². The van der Waals surface area contributed by atoms with Crippen molar-refractivity contribution in [2.24, 2.45) is 0 Å². The second kappa shape index (κ2) is 7.64. The predicted molar refractivity (Wildman–Crippen MR) is 104 cm³/mol. The highest BCUT2D eigenvalue weighted by atomic mass is 16.3. The van der Waals surface area contributed by atoms with Crippen LogP contribution in [0, 0.1) is 0 Å². The SMILES string of the molecule is CN(C)CC(c1ccccc1)C(O)(c1ccccc1)c1ccccc1. The quantitative estimate of drug-likeness (QED) is 0.729. The smallest absolute Gasteiger partial charge is 0.123 e. The van der Waals surface area contributed by atoms with Crippen LogP contribution in [0.3, 0.4) is 0 Å². The predicted octanol–water partition coefficient (Wildman–Crippen LogP) is 4.27. The van der Waals surface area contributed by atoms with Crippen molar-refractivity contribution in [2.45, 2.75) is 11.5 Å². The van der Waals surface area contributed by atoms with Crippen LogP contribution < -0.4 is 0 Å². The van der Waals surface area contributed by atoms with E-state index in [1.165, 1.54) is 0 Å². The van der Waals surface area contributed by atoms with Crippen LogP contribution in [0.2, 0.25) is 0 Å². The average molecular weight is 331 g/mol. The van der Waals surface area contributed by atoms with E-state index in [4.69, 9.17) is 0 Å². The van der Waals surface area contributed by atoms with Gasteiger partial charge >= 0.3 is 0 Å². The minimum atomic E-state index is -1.10. The zero-order chi connectivity index (χ0) is 17.7. The number of benzene rings is 3. The lowest BCUT2D eigenvalue weighted by Crippen LogP contribution is -2.40. The minimum absolute atomic E-state index is 0.0894. The topological polar surface area (TPSA) is 23.5 Å². The van der Waals surface area contributed by atoms with Crippen molar-refractivity contribution in [3.05, 3.63) is 108 Å². The maximum absolute atomic E-state index is 12.1. The average Bonchev–Trinajstić information content (AvgIpc) is 2.67. The molecular formula is C23H25NO. The molecular weight excluding hydrogens is 306 g/mol. The van der Waals surface area contributed by atoms with Gasteiger partial charge in [0.1, 0.15) is 5.60 Å². The summed E-state index contributed by atoms with van der Waals surface area (Å²) in [5.41, 5.74) is 1.86. The van der Waals surface area contributed by atoms with Gasteiger partial charge in [0.25, 0.3) is 0 Å². The molecule has 0 radical (unpaired) electrons. The van der Waals surface area contributed by atoms with Crippen molar-refractivity contribution in [3.63, 3.8) is 0 Å². The number of aliphatic hydroxyl groups is 1. The number of nitrogens with zero attached hydrogens (tertiary/aromatic N) is 1. The Morgan fingerprint density at radius 1 is 0.720 bits per heavy atom. The molecule has 2 nitrogen and oxygen atoms in total. The van der Waals surface area contributed by atoms with Gasteiger partial charge in [0.15, 0.2) is 0 Å². The lowest BCUT2D eigenvalue weighted by atomic mass is 9.72. The molecule has 3 aromatic carbocycles. The molecule has 0 fully saturated rings. The second-order valence-electron chi connectivity index (χ2n) is 6.72. The monoisotopic (exact) mass is 331 g/mol. The molecule has 3 aromatic rings. The molecule has 1 N–H and O–H groups in total. The van der Waals surface area contributed by atoms with Crippen LogP contribution in [0.1, 0.15) is 22.6 Å². The molecule has 0 aromatic heterocycles. The molecule has 0 spiro atoms. The van der Waals surface area contributed by atoms with E-state index in [1.54, 1.807) is 0 Å². The van der Waals surface area contributed by atoms with E-state index < -0.39 is 5.60 Å². The van der Waals surface area contributed by atoms with Crippen molar-refractivity contribution in [2.75, 3.05) is 20.6 Å². The van der Waals surface area contributed by atoms with Crippen LogP contribution >= 0.6 is 0 Å². The van der Waals surface area contributed by atoms with Gasteiger partial charge in [0.2, 0.25) is 0 Å². The van der Waals surface area contributed by atoms with Gasteiger partial charge < -0.3 is 10.0 Å². The fraction of sp³-hybridized carbons (Fsp3) is 0.217. The van der Waals surface area contributed by atoms with Crippen LogP contribution in [0.4, 0.5) is 0 Å². The lowest BCUT2D eigenvalue weighted by Gasteiger charge is -2.39. The fourth-order valence-corrected chi connectivity index (χ4v) is 3.48. The van der Waals surface area contributed by atoms with Gasteiger partial charge in [-0.05, 0) is 30.8 Å². The number of hydrogen-bond donors (Lipinski definition) is 1. The van der Waals surface area contributed by atoms with Gasteiger partial charge in [-0.2, -0.15) is 0 Å². The Kier molecular flexibility index (Phi) is 5.32. The van der Waals surface area contributed by atoms with Crippen LogP contribution in [-0.4, -0.2) is 30.6 Å². The minimum Gasteiger partial charge on any atom is -0.380 e. The Morgan fingerprint density at radius 2 is 1.12 bits per heavy atom. The van der Waals surface area contributed by atoms with Gasteiger partial charge in [0, 0.05) is 12.5 Å². The zero-order valence-electron chi connectivity index (χ0n) is 14.8. The molecule has 0 saturated carbocycles. The van der Waals surface area contributed by atoms with Crippen LogP contribution in [0.25, 0.3) is 0 Å². The molecule has 25 heavy (non-hydrogen) atoms. The molecule has 0 heterocycles. The number of rotatable bonds is 6. The van der Waals surface area contributed by atoms with E-state index in [0.29, 0.717) is 0 Å². The molecule has 0 aliphatic carbocycles. The van der Waals surface area contributed by atoms with Crippen LogP contribution in [-0.2, 0) is 5.60 Å². The Balaban J connectivity index is 2.21. The van der Waals surface area contributed by atoms with Gasteiger partial charge in [-0.15, -0.1) is 0 Å². The summed E-state index contributed by atoms with van der Waals surface area (Å²) < 4.78 is 0. The molecule has 128 valence electrons. The highest BCUT2D eigenvalue weighted by Crippen LogP contribution is 2.42. The first-order chi connectivity index (χ1) is 12.1. The summed E-state index contributed by atoms with van der Waals surface area (Å²) in [6, 6.07) is 30.3. The maximum Gasteiger partial charge on any atom is 0.123 e. The van der Waals surface area contributed by atoms with Gasteiger partial charge in [-0.25, -0.2) is 0 Å². The molecule has 3 rings (SSSR count). The third-order valence-electron chi connectivity index (χ3n) is 4.68. The van der Waals surface area contributed by atoms with Crippen molar-refractivity contribution in [3.8, 4) is 0 Å². The van der Waals surface area contributed by atoms with Crippen molar-refractivity contribution in [1.29, 1.82) is 0 Å². The van der Waals surface area contributed by atoms with E-state index in [0.717, 1.165) is 23.2 Å². The molecule has 0 aliphatic heterocycles. The van der Waals surface area contributed by atoms with Crippen molar-refractivity contribution < 1.29 is 5.11 Å². The first kappa shape index (κ1) is 17.4. The summed E-state index contributed by atoms with van der Waals surface area (Å²) in [5, 5.41) is 12.1. The van der Waals surface area contributed by atoms with E-state index >= 15 is 0 Å². The summed E-state index contributed by atoms with van der Waals surface area (Å²) >= 11 is 0. The molecule has 0 amide bonds. The zero-order valence-corrected chi connectivity index (χ0v) is 14.8. The Labute approximate surface area is 150 Å². The first-order valence-corrected chi connectivity index (χ1v) is 8.65. The molecule has 0 aliphatic rings. The van der Waals surface area contributed by atoms with Crippen molar-refractivity contribution >= 4 is 0 Å². The maximum atomic E-state index is 12.1. The van der Waals surface area contributed by atoms with E-state index in [1.807, 2.05) is 93.0 Å². The largest absolute Gasteiger partial charge is 0.380 e. The lowest BCUT2D eigenvalue weighted by molar-refractivity contribution is 0.0395. The summed E-state index contributed by atoms with van der Waals surface area (Å²) in [6.07, 6.45) is 0. The molecule has 0 saturated heterocycles. The second-order valence-corrected chi connectivity index (χ2v) is 6.72. The molecule has 1 unspecified atom stereocenters. The number of hydrogen-bond acceptors (Lipinski definition) is 2. The summed E-state index contributed by atoms with van der Waals surface area (Å²) in [6.45, 7) is 0.740. The molecule has 1 atom stereocenters. The van der Waals surface area contributed by atoms with Crippen molar-refractivity contribution in [1.82, 2.24) is 4.90 Å². The highest BCUT2D eigenvalue weighted by molar-refractivity contribution is 5.42. The molecule has 2 heteroatoms. The number of likely N-dealkylation sites (N-methyl/N-ethyl adjacent to an activating group) is 1. The summed E-state index contributed by atoms with van der Waals surface area (Å²) in [5.74, 6) is -0.0894. The highest BCUT2D eigenvalue weighted by Gasteiger charge is 2.41. The summed E-state index contributed by atoms with van der Waals surface area (Å²) in [4.78, 5) is 2.13. The molecule has 0 bridgehead atoms. The van der Waals surface area contributed by atoms with Gasteiger partial charge in [-0.3, -0.25) is 0 Å². The van der Waals surface area contributed by atoms with E-state index in [-0.39, 0.29) is 5.92 Å². The normalized spacial score (nSPS) is 13.0. The first-order valence-electron chi connectivity index (χ1n) is 8.65. The Morgan fingerprint density at radius 3 is 1.52 bits per heavy atom. The third-order valence-corrected chi connectivity index (χ3v) is 4.68. The van der Waals surface area contributed by atoms with E-state index in [2.05, 4.69) is 17.0 Å². The van der Waals surface area contributed by atoms with Crippen LogP contribution in [0.15, 0.2) is 91.0 Å².